The highest BCUT2D eigenvalue weighted by atomic mass is 32.2. The van der Waals surface area contributed by atoms with Crippen molar-refractivity contribution in [3.8, 4) is 0 Å². The lowest BCUT2D eigenvalue weighted by molar-refractivity contribution is -0.123. The lowest BCUT2D eigenvalue weighted by atomic mass is 10.1. The summed E-state index contributed by atoms with van der Waals surface area (Å²) >= 11 is 1.39. The standard InChI is InChI=1S/C25H21F2N3O2S/c1-16-6-10-19(11-7-16)28-24(32)30-12-13-33-25(30)20-4-2-3-5-22(20)29(23(25)31)15-17-8-9-18(26)14-21(17)27/h2-11,14H,12-13,15H2,1H3,(H,28,32)/t25-/m0/s1. The topological polar surface area (TPSA) is 52.7 Å². The molecule has 33 heavy (non-hydrogen) atoms. The molecule has 5 nitrogen and oxygen atoms in total. The van der Waals surface area contributed by atoms with E-state index in [9.17, 15) is 18.4 Å². The maximum atomic E-state index is 14.4. The zero-order chi connectivity index (χ0) is 23.2. The van der Waals surface area contributed by atoms with Gasteiger partial charge in [-0.25, -0.2) is 13.6 Å². The Morgan fingerprint density at radius 3 is 2.61 bits per heavy atom. The van der Waals surface area contributed by atoms with Crippen LogP contribution in [0.2, 0.25) is 0 Å². The van der Waals surface area contributed by atoms with Crippen LogP contribution >= 0.6 is 11.8 Å². The zero-order valence-corrected chi connectivity index (χ0v) is 18.7. The normalized spacial score (nSPS) is 19.3. The number of thioether (sulfide) groups is 1. The van der Waals surface area contributed by atoms with Gasteiger partial charge in [0.05, 0.1) is 12.2 Å². The van der Waals surface area contributed by atoms with Gasteiger partial charge >= 0.3 is 6.03 Å². The maximum absolute atomic E-state index is 14.4. The van der Waals surface area contributed by atoms with Gasteiger partial charge in [0.1, 0.15) is 11.6 Å². The van der Waals surface area contributed by atoms with Gasteiger partial charge in [0, 0.05) is 35.2 Å². The summed E-state index contributed by atoms with van der Waals surface area (Å²) in [6, 6.07) is 17.6. The molecular weight excluding hydrogens is 444 g/mol. The van der Waals surface area contributed by atoms with Crippen LogP contribution in [0.25, 0.3) is 0 Å². The van der Waals surface area contributed by atoms with Crippen LogP contribution in [0.1, 0.15) is 16.7 Å². The number of carbonyl (C=O) groups excluding carboxylic acids is 2. The predicted octanol–water partition coefficient (Wildman–Crippen LogP) is 5.25. The van der Waals surface area contributed by atoms with E-state index in [1.807, 2.05) is 43.3 Å². The van der Waals surface area contributed by atoms with Crippen LogP contribution in [0, 0.1) is 18.6 Å². The maximum Gasteiger partial charge on any atom is 0.323 e. The van der Waals surface area contributed by atoms with Gasteiger partial charge in [-0.05, 0) is 31.2 Å². The van der Waals surface area contributed by atoms with Gasteiger partial charge < -0.3 is 10.2 Å². The third-order valence-corrected chi connectivity index (χ3v) is 7.41. The molecule has 3 amide bonds. The van der Waals surface area contributed by atoms with Crippen molar-refractivity contribution < 1.29 is 18.4 Å². The van der Waals surface area contributed by atoms with E-state index in [0.717, 1.165) is 11.6 Å². The van der Waals surface area contributed by atoms with Crippen LogP contribution in [0.5, 0.6) is 0 Å². The average Bonchev–Trinajstić information content (AvgIpc) is 3.34. The zero-order valence-electron chi connectivity index (χ0n) is 17.8. The molecule has 3 aromatic carbocycles. The first-order chi connectivity index (χ1) is 15.9. The van der Waals surface area contributed by atoms with Gasteiger partial charge in [0.15, 0.2) is 4.87 Å². The van der Waals surface area contributed by atoms with Crippen molar-refractivity contribution in [2.75, 3.05) is 22.5 Å². The third-order valence-electron chi connectivity index (χ3n) is 5.99. The number of aryl methyl sites for hydroxylation is 1. The molecule has 1 N–H and O–H groups in total. The Balaban J connectivity index is 1.50. The number of halogens is 2. The Kier molecular flexibility index (Phi) is 5.32. The number of amides is 3. The lowest BCUT2D eigenvalue weighted by Crippen LogP contribution is -2.51. The molecular formula is C25H21F2N3O2S. The molecule has 2 heterocycles. The first kappa shape index (κ1) is 21.5. The summed E-state index contributed by atoms with van der Waals surface area (Å²) in [5.74, 6) is -1.12. The van der Waals surface area contributed by atoms with Gasteiger partial charge in [0.25, 0.3) is 5.91 Å². The second-order valence-electron chi connectivity index (χ2n) is 8.08. The van der Waals surface area contributed by atoms with Crippen molar-refractivity contribution in [2.45, 2.75) is 18.3 Å². The summed E-state index contributed by atoms with van der Waals surface area (Å²) in [6.07, 6.45) is 0. The number of hydrogen-bond acceptors (Lipinski definition) is 3. The largest absolute Gasteiger partial charge is 0.323 e. The van der Waals surface area contributed by atoms with Crippen LogP contribution in [0.15, 0.2) is 66.7 Å². The monoisotopic (exact) mass is 465 g/mol. The number of para-hydroxylation sites is 1. The van der Waals surface area contributed by atoms with Crippen LogP contribution in [0.4, 0.5) is 25.0 Å². The fourth-order valence-corrected chi connectivity index (χ4v) is 5.83. The molecule has 0 saturated carbocycles. The highest BCUT2D eigenvalue weighted by Gasteiger charge is 2.59. The van der Waals surface area contributed by atoms with Gasteiger partial charge in [-0.15, -0.1) is 11.8 Å². The number of urea groups is 1. The smallest absolute Gasteiger partial charge is 0.308 e. The molecule has 3 aromatic rings. The van der Waals surface area contributed by atoms with E-state index < -0.39 is 16.5 Å². The van der Waals surface area contributed by atoms with E-state index in [1.165, 1.54) is 28.8 Å². The number of benzene rings is 3. The highest BCUT2D eigenvalue weighted by molar-refractivity contribution is 8.01. The summed E-state index contributed by atoms with van der Waals surface area (Å²) in [7, 11) is 0. The number of carbonyl (C=O) groups is 2. The molecule has 1 fully saturated rings. The summed E-state index contributed by atoms with van der Waals surface area (Å²) in [4.78, 5) is 29.0. The van der Waals surface area contributed by atoms with Crippen LogP contribution in [-0.2, 0) is 16.2 Å². The minimum Gasteiger partial charge on any atom is -0.308 e. The minimum absolute atomic E-state index is 0.0578. The molecule has 8 heteroatoms. The Hall–Kier alpha value is -3.39. The Bertz CT molecular complexity index is 1250. The quantitative estimate of drug-likeness (QED) is 0.575. The molecule has 1 atom stereocenters. The number of anilines is 2. The van der Waals surface area contributed by atoms with Crippen molar-refractivity contribution in [3.05, 3.63) is 95.1 Å². The molecule has 2 aliphatic heterocycles. The Morgan fingerprint density at radius 1 is 1.09 bits per heavy atom. The van der Waals surface area contributed by atoms with E-state index in [2.05, 4.69) is 5.32 Å². The van der Waals surface area contributed by atoms with Crippen molar-refractivity contribution in [2.24, 2.45) is 0 Å². The predicted molar refractivity (Wildman–Crippen MR) is 125 cm³/mol. The molecule has 0 aliphatic carbocycles. The Labute approximate surface area is 194 Å². The van der Waals surface area contributed by atoms with E-state index in [1.54, 1.807) is 17.0 Å². The van der Waals surface area contributed by atoms with Crippen LogP contribution < -0.4 is 10.2 Å². The first-order valence-corrected chi connectivity index (χ1v) is 11.5. The fourth-order valence-electron chi connectivity index (χ4n) is 4.37. The second kappa shape index (κ2) is 8.19. The molecule has 0 bridgehead atoms. The van der Waals surface area contributed by atoms with Gasteiger partial charge in [-0.1, -0.05) is 42.0 Å². The van der Waals surface area contributed by atoms with Crippen molar-refractivity contribution in [3.63, 3.8) is 0 Å². The SMILES string of the molecule is Cc1ccc(NC(=O)N2CCS[C@@]23C(=O)N(Cc2ccc(F)cc2F)c2ccccc23)cc1. The number of nitrogens with one attached hydrogen (secondary N) is 1. The van der Waals surface area contributed by atoms with Crippen molar-refractivity contribution in [1.82, 2.24) is 4.90 Å². The molecule has 1 saturated heterocycles. The van der Waals surface area contributed by atoms with Crippen molar-refractivity contribution in [1.29, 1.82) is 0 Å². The van der Waals surface area contributed by atoms with Crippen molar-refractivity contribution >= 4 is 35.1 Å². The molecule has 5 rings (SSSR count). The van der Waals surface area contributed by atoms with Gasteiger partial charge in [0.2, 0.25) is 0 Å². The molecule has 2 aliphatic rings. The van der Waals surface area contributed by atoms with E-state index in [4.69, 9.17) is 0 Å². The van der Waals surface area contributed by atoms with E-state index >= 15 is 0 Å². The second-order valence-corrected chi connectivity index (χ2v) is 9.37. The molecule has 0 radical (unpaired) electrons. The number of nitrogens with zero attached hydrogens (tertiary/aromatic N) is 2. The highest BCUT2D eigenvalue weighted by Crippen LogP contribution is 2.54. The van der Waals surface area contributed by atoms with Gasteiger partial charge in [-0.3, -0.25) is 9.69 Å². The summed E-state index contributed by atoms with van der Waals surface area (Å²) in [6.45, 7) is 2.29. The van der Waals surface area contributed by atoms with Gasteiger partial charge in [-0.2, -0.15) is 0 Å². The number of rotatable bonds is 3. The molecule has 0 aromatic heterocycles. The molecule has 1 spiro atoms. The summed E-state index contributed by atoms with van der Waals surface area (Å²) < 4.78 is 27.8. The number of hydrogen-bond donors (Lipinski definition) is 1. The van der Waals surface area contributed by atoms with E-state index in [-0.39, 0.29) is 24.0 Å². The average molecular weight is 466 g/mol. The third kappa shape index (κ3) is 3.54. The van der Waals surface area contributed by atoms with Crippen LogP contribution in [0.3, 0.4) is 0 Å². The summed E-state index contributed by atoms with van der Waals surface area (Å²) in [5.41, 5.74) is 3.23. The fraction of sp³-hybridized carbons (Fsp3) is 0.200. The summed E-state index contributed by atoms with van der Waals surface area (Å²) in [5, 5.41) is 2.89. The first-order valence-electron chi connectivity index (χ1n) is 10.5. The number of fused-ring (bicyclic) bond motifs is 2. The minimum atomic E-state index is -1.23. The molecule has 168 valence electrons. The Morgan fingerprint density at radius 2 is 1.85 bits per heavy atom. The van der Waals surface area contributed by atoms with Crippen LogP contribution in [-0.4, -0.2) is 29.1 Å². The molecule has 0 unspecified atom stereocenters. The lowest BCUT2D eigenvalue weighted by Gasteiger charge is -2.33. The van der Waals surface area contributed by atoms with E-state index in [0.29, 0.717) is 29.2 Å².